The molecule has 4 rings (SSSR count). The average molecular weight is 502 g/mol. The highest BCUT2D eigenvalue weighted by Crippen LogP contribution is 2.39. The number of hydrogen-bond donors (Lipinski definition) is 2. The van der Waals surface area contributed by atoms with Crippen molar-refractivity contribution < 1.29 is 14.6 Å². The molecule has 0 aliphatic carbocycles. The number of hydrogen-bond acceptors (Lipinski definition) is 8. The van der Waals surface area contributed by atoms with Crippen LogP contribution in [0.5, 0.6) is 0 Å². The van der Waals surface area contributed by atoms with Crippen molar-refractivity contribution in [1.29, 1.82) is 0 Å². The van der Waals surface area contributed by atoms with Crippen LogP contribution in [0.15, 0.2) is 29.3 Å². The predicted octanol–water partition coefficient (Wildman–Crippen LogP) is 4.05. The van der Waals surface area contributed by atoms with Gasteiger partial charge in [-0.2, -0.15) is 0 Å². The highest BCUT2D eigenvalue weighted by atomic mass is 35.5. The fourth-order valence-electron chi connectivity index (χ4n) is 3.95. The Kier molecular flexibility index (Phi) is 7.18. The van der Waals surface area contributed by atoms with Crippen LogP contribution in [0.2, 0.25) is 5.02 Å². The second-order valence-corrected chi connectivity index (χ2v) is 10.2. The second kappa shape index (κ2) is 9.95. The van der Waals surface area contributed by atoms with Crippen molar-refractivity contribution in [3.05, 3.63) is 62.5 Å². The number of fused-ring (bicyclic) bond motifs is 3. The van der Waals surface area contributed by atoms with Crippen LogP contribution in [0.1, 0.15) is 59.5 Å². The number of nitrogens with one attached hydrogen (secondary N) is 1. The lowest BCUT2D eigenvalue weighted by atomic mass is 9.99. The Balaban J connectivity index is 1.74. The topological polar surface area (TPSA) is 102 Å². The Labute approximate surface area is 207 Å². The molecule has 0 saturated carbocycles. The molecular formula is C24H28ClN5O3S. The van der Waals surface area contributed by atoms with E-state index in [9.17, 15) is 9.90 Å². The molecule has 0 bridgehead atoms. The zero-order valence-electron chi connectivity index (χ0n) is 19.8. The van der Waals surface area contributed by atoms with Gasteiger partial charge in [-0.1, -0.05) is 23.7 Å². The highest BCUT2D eigenvalue weighted by molar-refractivity contribution is 7.15. The molecule has 1 aromatic carbocycles. The zero-order valence-corrected chi connectivity index (χ0v) is 21.4. The second-order valence-electron chi connectivity index (χ2n) is 8.58. The van der Waals surface area contributed by atoms with Gasteiger partial charge in [0.05, 0.1) is 18.4 Å². The van der Waals surface area contributed by atoms with Crippen LogP contribution < -0.4 is 5.32 Å². The average Bonchev–Trinajstić information content (AvgIpc) is 3.25. The van der Waals surface area contributed by atoms with Gasteiger partial charge in [0, 0.05) is 27.4 Å². The number of esters is 1. The first-order valence-corrected chi connectivity index (χ1v) is 12.3. The van der Waals surface area contributed by atoms with Crippen LogP contribution in [0.25, 0.3) is 5.00 Å². The van der Waals surface area contributed by atoms with Gasteiger partial charge in [-0.3, -0.25) is 19.7 Å². The molecule has 34 heavy (non-hydrogen) atoms. The summed E-state index contributed by atoms with van der Waals surface area (Å²) in [4.78, 5) is 18.2. The van der Waals surface area contributed by atoms with Crippen LogP contribution in [-0.4, -0.2) is 50.4 Å². The SMILES string of the molecule is Cc1sc2c(c1C)C(c1ccc(Cl)cc1)=NC(CC(O)NCC(=O)OC(C)C)c1nnc(C)n1-2. The van der Waals surface area contributed by atoms with Crippen molar-refractivity contribution in [2.75, 3.05) is 6.54 Å². The number of aliphatic hydroxyl groups is 1. The van der Waals surface area contributed by atoms with E-state index in [2.05, 4.69) is 29.4 Å². The molecular weight excluding hydrogens is 474 g/mol. The number of aryl methyl sites for hydroxylation is 2. The maximum absolute atomic E-state index is 11.9. The molecule has 0 amide bonds. The largest absolute Gasteiger partial charge is 0.462 e. The number of rotatable bonds is 7. The Hall–Kier alpha value is -2.59. The Morgan fingerprint density at radius 1 is 1.24 bits per heavy atom. The molecule has 0 spiro atoms. The van der Waals surface area contributed by atoms with E-state index in [1.165, 1.54) is 4.88 Å². The molecule has 0 radical (unpaired) electrons. The number of ether oxygens (including phenoxy) is 1. The molecule has 3 aromatic rings. The maximum Gasteiger partial charge on any atom is 0.320 e. The van der Waals surface area contributed by atoms with E-state index in [-0.39, 0.29) is 19.1 Å². The number of carbonyl (C=O) groups is 1. The van der Waals surface area contributed by atoms with Gasteiger partial charge in [0.25, 0.3) is 0 Å². The first-order chi connectivity index (χ1) is 16.2. The van der Waals surface area contributed by atoms with Gasteiger partial charge >= 0.3 is 5.97 Å². The molecule has 2 atom stereocenters. The van der Waals surface area contributed by atoms with Crippen LogP contribution in [0.4, 0.5) is 0 Å². The fraction of sp³-hybridized carbons (Fsp3) is 0.417. The fourth-order valence-corrected chi connectivity index (χ4v) is 5.29. The van der Waals surface area contributed by atoms with Gasteiger partial charge in [-0.15, -0.1) is 21.5 Å². The van der Waals surface area contributed by atoms with E-state index in [1.54, 1.807) is 25.2 Å². The summed E-state index contributed by atoms with van der Waals surface area (Å²) in [6, 6.07) is 7.09. The number of nitrogens with zero attached hydrogens (tertiary/aromatic N) is 4. The number of aliphatic hydroxyl groups excluding tert-OH is 1. The smallest absolute Gasteiger partial charge is 0.320 e. The summed E-state index contributed by atoms with van der Waals surface area (Å²) >= 11 is 7.82. The summed E-state index contributed by atoms with van der Waals surface area (Å²) in [5, 5.41) is 23.9. The number of carbonyl (C=O) groups excluding carboxylic acids is 1. The summed E-state index contributed by atoms with van der Waals surface area (Å²) in [5.74, 6) is 0.972. The summed E-state index contributed by atoms with van der Waals surface area (Å²) in [7, 11) is 0. The lowest BCUT2D eigenvalue weighted by Gasteiger charge is -2.18. The van der Waals surface area contributed by atoms with Crippen molar-refractivity contribution in [3.8, 4) is 5.00 Å². The monoisotopic (exact) mass is 501 g/mol. The summed E-state index contributed by atoms with van der Waals surface area (Å²) in [6.07, 6.45) is -1.01. The van der Waals surface area contributed by atoms with Crippen molar-refractivity contribution in [3.63, 3.8) is 0 Å². The van der Waals surface area contributed by atoms with Gasteiger partial charge in [0.1, 0.15) is 23.1 Å². The van der Waals surface area contributed by atoms with Crippen molar-refractivity contribution in [2.45, 2.75) is 59.4 Å². The van der Waals surface area contributed by atoms with E-state index in [4.69, 9.17) is 21.3 Å². The predicted molar refractivity (Wildman–Crippen MR) is 133 cm³/mol. The van der Waals surface area contributed by atoms with E-state index in [0.29, 0.717) is 10.8 Å². The first kappa shape index (κ1) is 24.5. The minimum atomic E-state index is -0.996. The van der Waals surface area contributed by atoms with Crippen molar-refractivity contribution in [2.24, 2.45) is 4.99 Å². The highest BCUT2D eigenvalue weighted by Gasteiger charge is 2.32. The first-order valence-electron chi connectivity index (χ1n) is 11.1. The molecule has 1 aliphatic heterocycles. The molecule has 2 N–H and O–H groups in total. The van der Waals surface area contributed by atoms with Crippen LogP contribution in [-0.2, 0) is 9.53 Å². The minimum absolute atomic E-state index is 0.100. The van der Waals surface area contributed by atoms with Gasteiger partial charge in [-0.25, -0.2) is 0 Å². The number of thiophene rings is 1. The van der Waals surface area contributed by atoms with Crippen molar-refractivity contribution >= 4 is 34.6 Å². The number of aromatic nitrogens is 3. The molecule has 10 heteroatoms. The summed E-state index contributed by atoms with van der Waals surface area (Å²) < 4.78 is 7.16. The third-order valence-corrected chi connectivity index (χ3v) is 7.10. The molecule has 2 aromatic heterocycles. The number of benzene rings is 1. The van der Waals surface area contributed by atoms with Gasteiger partial charge in [0.2, 0.25) is 0 Å². The maximum atomic E-state index is 11.9. The molecule has 3 heterocycles. The van der Waals surface area contributed by atoms with Crippen LogP contribution in [0, 0.1) is 20.8 Å². The lowest BCUT2D eigenvalue weighted by molar-refractivity contribution is -0.147. The molecule has 1 aliphatic rings. The standard InChI is InChI=1S/C24H28ClN5O3S/c1-12(2)33-20(32)11-26-19(31)10-18-23-29-28-15(5)30(23)24-21(13(3)14(4)34-24)22(27-18)16-6-8-17(25)9-7-16/h6-9,12,18-19,26,31H,10-11H2,1-5H3. The van der Waals surface area contributed by atoms with E-state index < -0.39 is 18.2 Å². The lowest BCUT2D eigenvalue weighted by Crippen LogP contribution is -2.36. The van der Waals surface area contributed by atoms with Crippen molar-refractivity contribution in [1.82, 2.24) is 20.1 Å². The third kappa shape index (κ3) is 4.93. The minimum Gasteiger partial charge on any atom is -0.462 e. The number of halogens is 1. The zero-order chi connectivity index (χ0) is 24.6. The van der Waals surface area contributed by atoms with Crippen LogP contribution >= 0.6 is 22.9 Å². The Morgan fingerprint density at radius 3 is 2.62 bits per heavy atom. The van der Waals surface area contributed by atoms with E-state index in [0.717, 1.165) is 33.2 Å². The summed E-state index contributed by atoms with van der Waals surface area (Å²) in [5.41, 5.74) is 3.91. The quantitative estimate of drug-likeness (QED) is 0.374. The van der Waals surface area contributed by atoms with Gasteiger partial charge in [0.15, 0.2) is 5.82 Å². The molecule has 0 saturated heterocycles. The Bertz CT molecular complexity index is 1230. The van der Waals surface area contributed by atoms with E-state index >= 15 is 0 Å². The molecule has 8 nitrogen and oxygen atoms in total. The van der Waals surface area contributed by atoms with Gasteiger partial charge in [-0.05, 0) is 52.3 Å². The molecule has 2 unspecified atom stereocenters. The van der Waals surface area contributed by atoms with Crippen LogP contribution in [0.3, 0.4) is 0 Å². The van der Waals surface area contributed by atoms with E-state index in [1.807, 2.05) is 35.8 Å². The Morgan fingerprint density at radius 2 is 1.94 bits per heavy atom. The molecule has 0 fully saturated rings. The third-order valence-electron chi connectivity index (χ3n) is 5.65. The molecule has 180 valence electrons. The summed E-state index contributed by atoms with van der Waals surface area (Å²) in [6.45, 7) is 9.55. The van der Waals surface area contributed by atoms with Gasteiger partial charge < -0.3 is 9.84 Å². The number of aliphatic imine (C=N–C) groups is 1. The normalized spacial score (nSPS) is 16.0.